The lowest BCUT2D eigenvalue weighted by Crippen LogP contribution is -2.05. The molecule has 0 aliphatic carbocycles. The summed E-state index contributed by atoms with van der Waals surface area (Å²) < 4.78 is 4.94. The molecular formula is C16H16ClNO2. The smallest absolute Gasteiger partial charge is 0.338 e. The second-order valence-electron chi connectivity index (χ2n) is 4.24. The highest BCUT2D eigenvalue weighted by Gasteiger charge is 2.05. The van der Waals surface area contributed by atoms with Gasteiger partial charge < -0.3 is 10.1 Å². The molecule has 0 unspecified atom stereocenters. The van der Waals surface area contributed by atoms with Gasteiger partial charge in [-0.25, -0.2) is 4.79 Å². The van der Waals surface area contributed by atoms with Crippen molar-refractivity contribution in [2.24, 2.45) is 0 Å². The fraction of sp³-hybridized carbons (Fsp3) is 0.188. The summed E-state index contributed by atoms with van der Waals surface area (Å²) in [6.45, 7) is 2.81. The molecule has 0 aliphatic rings. The number of halogens is 1. The minimum absolute atomic E-state index is 0.301. The van der Waals surface area contributed by atoms with Crippen molar-refractivity contribution in [2.45, 2.75) is 13.5 Å². The molecule has 0 atom stereocenters. The van der Waals surface area contributed by atoms with E-state index in [9.17, 15) is 4.79 Å². The molecule has 0 aliphatic heterocycles. The van der Waals surface area contributed by atoms with Crippen molar-refractivity contribution in [2.75, 3.05) is 11.9 Å². The van der Waals surface area contributed by atoms with E-state index in [1.54, 1.807) is 19.1 Å². The average molecular weight is 290 g/mol. The van der Waals surface area contributed by atoms with Crippen LogP contribution >= 0.6 is 11.6 Å². The fourth-order valence-corrected chi connectivity index (χ4v) is 1.98. The molecule has 1 N–H and O–H groups in total. The van der Waals surface area contributed by atoms with Gasteiger partial charge in [-0.3, -0.25) is 0 Å². The van der Waals surface area contributed by atoms with E-state index in [0.29, 0.717) is 18.7 Å². The lowest BCUT2D eigenvalue weighted by atomic mass is 10.2. The first kappa shape index (κ1) is 14.4. The van der Waals surface area contributed by atoms with Crippen LogP contribution in [0.25, 0.3) is 0 Å². The van der Waals surface area contributed by atoms with E-state index >= 15 is 0 Å². The number of nitrogens with one attached hydrogen (secondary N) is 1. The minimum atomic E-state index is -0.301. The molecule has 0 fully saturated rings. The molecule has 3 nitrogen and oxygen atoms in total. The molecule has 4 heteroatoms. The Labute approximate surface area is 123 Å². The Kier molecular flexibility index (Phi) is 5.02. The van der Waals surface area contributed by atoms with Crippen LogP contribution in [0.2, 0.25) is 5.02 Å². The van der Waals surface area contributed by atoms with Gasteiger partial charge in [0, 0.05) is 17.3 Å². The van der Waals surface area contributed by atoms with E-state index in [0.717, 1.165) is 16.3 Å². The van der Waals surface area contributed by atoms with Crippen molar-refractivity contribution in [3.05, 3.63) is 64.7 Å². The maximum Gasteiger partial charge on any atom is 0.338 e. The van der Waals surface area contributed by atoms with Crippen molar-refractivity contribution in [3.8, 4) is 0 Å². The van der Waals surface area contributed by atoms with E-state index in [1.807, 2.05) is 36.4 Å². The van der Waals surface area contributed by atoms with Gasteiger partial charge in [0.2, 0.25) is 0 Å². The van der Waals surface area contributed by atoms with Crippen molar-refractivity contribution in [1.29, 1.82) is 0 Å². The Morgan fingerprint density at radius 3 is 2.50 bits per heavy atom. The Morgan fingerprint density at radius 1 is 1.15 bits per heavy atom. The number of carbonyl (C=O) groups excluding carboxylic acids is 1. The zero-order valence-corrected chi connectivity index (χ0v) is 12.0. The first-order valence-electron chi connectivity index (χ1n) is 6.45. The first-order chi connectivity index (χ1) is 9.70. The Bertz CT molecular complexity index is 581. The van der Waals surface area contributed by atoms with E-state index < -0.39 is 0 Å². The molecule has 0 heterocycles. The highest BCUT2D eigenvalue weighted by atomic mass is 35.5. The summed E-state index contributed by atoms with van der Waals surface area (Å²) in [5.41, 5.74) is 2.51. The van der Waals surface area contributed by atoms with Gasteiger partial charge in [0.15, 0.2) is 0 Å². The summed E-state index contributed by atoms with van der Waals surface area (Å²) in [4.78, 5) is 11.5. The third kappa shape index (κ3) is 3.75. The van der Waals surface area contributed by atoms with Gasteiger partial charge in [-0.2, -0.15) is 0 Å². The lowest BCUT2D eigenvalue weighted by molar-refractivity contribution is 0.0526. The standard InChI is InChI=1S/C16H16ClNO2/c1-2-20-16(19)12-7-9-14(10-8-12)18-11-13-5-3-4-6-15(13)17/h3-10,18H,2,11H2,1H3. The van der Waals surface area contributed by atoms with Crippen LogP contribution in [0, 0.1) is 0 Å². The van der Waals surface area contributed by atoms with Crippen LogP contribution in [0.5, 0.6) is 0 Å². The minimum Gasteiger partial charge on any atom is -0.462 e. The zero-order chi connectivity index (χ0) is 14.4. The van der Waals surface area contributed by atoms with Gasteiger partial charge in [0.05, 0.1) is 12.2 Å². The van der Waals surface area contributed by atoms with Crippen LogP contribution in [0.4, 0.5) is 5.69 Å². The van der Waals surface area contributed by atoms with Gasteiger partial charge in [-0.1, -0.05) is 29.8 Å². The number of esters is 1. The highest BCUT2D eigenvalue weighted by molar-refractivity contribution is 6.31. The SMILES string of the molecule is CCOC(=O)c1ccc(NCc2ccccc2Cl)cc1. The first-order valence-corrected chi connectivity index (χ1v) is 6.83. The molecule has 20 heavy (non-hydrogen) atoms. The van der Waals surface area contributed by atoms with Gasteiger partial charge in [-0.05, 0) is 42.8 Å². The second kappa shape index (κ2) is 6.96. The molecule has 2 aromatic carbocycles. The Hall–Kier alpha value is -2.00. The van der Waals surface area contributed by atoms with Crippen LogP contribution in [0.15, 0.2) is 48.5 Å². The van der Waals surface area contributed by atoms with Crippen LogP contribution in [0.1, 0.15) is 22.8 Å². The van der Waals surface area contributed by atoms with Gasteiger partial charge in [0.25, 0.3) is 0 Å². The number of rotatable bonds is 5. The number of hydrogen-bond donors (Lipinski definition) is 1. The predicted molar refractivity (Wildman–Crippen MR) is 81.2 cm³/mol. The normalized spacial score (nSPS) is 10.1. The molecule has 0 saturated carbocycles. The van der Waals surface area contributed by atoms with Crippen LogP contribution in [0.3, 0.4) is 0 Å². The number of anilines is 1. The molecule has 0 bridgehead atoms. The van der Waals surface area contributed by atoms with E-state index in [1.165, 1.54) is 0 Å². The summed E-state index contributed by atoms with van der Waals surface area (Å²) in [6.07, 6.45) is 0. The third-order valence-corrected chi connectivity index (χ3v) is 3.21. The highest BCUT2D eigenvalue weighted by Crippen LogP contribution is 2.17. The zero-order valence-electron chi connectivity index (χ0n) is 11.2. The van der Waals surface area contributed by atoms with Crippen molar-refractivity contribution in [1.82, 2.24) is 0 Å². The summed E-state index contributed by atoms with van der Waals surface area (Å²) in [6, 6.07) is 14.9. The quantitative estimate of drug-likeness (QED) is 0.841. The van der Waals surface area contributed by atoms with Crippen molar-refractivity contribution in [3.63, 3.8) is 0 Å². The van der Waals surface area contributed by atoms with E-state index in [-0.39, 0.29) is 5.97 Å². The molecule has 2 rings (SSSR count). The molecular weight excluding hydrogens is 274 g/mol. The van der Waals surface area contributed by atoms with E-state index in [2.05, 4.69) is 5.32 Å². The molecule has 0 spiro atoms. The average Bonchev–Trinajstić information content (AvgIpc) is 2.47. The summed E-state index contributed by atoms with van der Waals surface area (Å²) in [5, 5.41) is 4.00. The summed E-state index contributed by atoms with van der Waals surface area (Å²) in [5.74, 6) is -0.301. The second-order valence-corrected chi connectivity index (χ2v) is 4.65. The number of benzene rings is 2. The number of hydrogen-bond acceptors (Lipinski definition) is 3. The molecule has 0 amide bonds. The number of ether oxygens (including phenoxy) is 1. The Morgan fingerprint density at radius 2 is 1.85 bits per heavy atom. The number of carbonyl (C=O) groups is 1. The fourth-order valence-electron chi connectivity index (χ4n) is 1.78. The molecule has 0 saturated heterocycles. The molecule has 0 aromatic heterocycles. The van der Waals surface area contributed by atoms with Gasteiger partial charge in [0.1, 0.15) is 0 Å². The largest absolute Gasteiger partial charge is 0.462 e. The summed E-state index contributed by atoms with van der Waals surface area (Å²) >= 11 is 6.09. The van der Waals surface area contributed by atoms with E-state index in [4.69, 9.17) is 16.3 Å². The maximum atomic E-state index is 11.5. The van der Waals surface area contributed by atoms with Crippen molar-refractivity contribution >= 4 is 23.3 Å². The third-order valence-electron chi connectivity index (χ3n) is 2.84. The van der Waals surface area contributed by atoms with Crippen LogP contribution in [-0.4, -0.2) is 12.6 Å². The monoisotopic (exact) mass is 289 g/mol. The van der Waals surface area contributed by atoms with Gasteiger partial charge in [-0.15, -0.1) is 0 Å². The molecule has 104 valence electrons. The maximum absolute atomic E-state index is 11.5. The lowest BCUT2D eigenvalue weighted by Gasteiger charge is -2.08. The summed E-state index contributed by atoms with van der Waals surface area (Å²) in [7, 11) is 0. The van der Waals surface area contributed by atoms with Gasteiger partial charge >= 0.3 is 5.97 Å². The van der Waals surface area contributed by atoms with Crippen LogP contribution in [-0.2, 0) is 11.3 Å². The molecule has 2 aromatic rings. The predicted octanol–water partition coefficient (Wildman–Crippen LogP) is 4.13. The molecule has 0 radical (unpaired) electrons. The Balaban J connectivity index is 1.98. The van der Waals surface area contributed by atoms with Crippen LogP contribution < -0.4 is 5.32 Å². The topological polar surface area (TPSA) is 38.3 Å². The van der Waals surface area contributed by atoms with Crippen molar-refractivity contribution < 1.29 is 9.53 Å².